The lowest BCUT2D eigenvalue weighted by Crippen LogP contribution is -2.32. The van der Waals surface area contributed by atoms with Gasteiger partial charge in [-0.2, -0.15) is 0 Å². The third-order valence-electron chi connectivity index (χ3n) is 5.41. The van der Waals surface area contributed by atoms with E-state index in [1.165, 1.54) is 0 Å². The summed E-state index contributed by atoms with van der Waals surface area (Å²) in [5.41, 5.74) is 3.96. The topological polar surface area (TPSA) is 34.1 Å². The summed E-state index contributed by atoms with van der Waals surface area (Å²) in [4.78, 5) is 23.9. The molecule has 0 saturated carbocycles. The highest BCUT2D eigenvalue weighted by atomic mass is 16.1. The Kier molecular flexibility index (Phi) is 5.17. The zero-order valence-corrected chi connectivity index (χ0v) is 15.9. The molecule has 0 unspecified atom stereocenters. The molecule has 0 fully saturated rings. The molecule has 0 aliphatic rings. The van der Waals surface area contributed by atoms with E-state index in [1.54, 1.807) is 6.07 Å². The summed E-state index contributed by atoms with van der Waals surface area (Å²) < 4.78 is 0. The first-order valence-electron chi connectivity index (χ1n) is 9.52. The van der Waals surface area contributed by atoms with Gasteiger partial charge in [-0.15, -0.1) is 0 Å². The summed E-state index contributed by atoms with van der Waals surface area (Å²) in [6.45, 7) is 0. The highest BCUT2D eigenvalue weighted by Crippen LogP contribution is 2.46. The first-order valence-corrected chi connectivity index (χ1v) is 9.52. The number of aldehydes is 2. The van der Waals surface area contributed by atoms with E-state index in [0.29, 0.717) is 11.1 Å². The second-order valence-corrected chi connectivity index (χ2v) is 6.89. The minimum atomic E-state index is -0.737. The van der Waals surface area contributed by atoms with Crippen molar-refractivity contribution >= 4 is 12.6 Å². The Hall–Kier alpha value is -3.78. The lowest BCUT2D eigenvalue weighted by atomic mass is 9.64. The van der Waals surface area contributed by atoms with Crippen molar-refractivity contribution in [2.45, 2.75) is 5.41 Å². The van der Waals surface area contributed by atoms with Crippen molar-refractivity contribution in [3.63, 3.8) is 0 Å². The summed E-state index contributed by atoms with van der Waals surface area (Å²) in [7, 11) is 0. The van der Waals surface area contributed by atoms with Crippen LogP contribution in [0.3, 0.4) is 0 Å². The highest BCUT2D eigenvalue weighted by molar-refractivity contribution is 5.93. The van der Waals surface area contributed by atoms with Crippen molar-refractivity contribution in [1.82, 2.24) is 0 Å². The molecule has 0 radical (unpaired) electrons. The summed E-state index contributed by atoms with van der Waals surface area (Å²) >= 11 is 0. The van der Waals surface area contributed by atoms with Gasteiger partial charge in [0.25, 0.3) is 0 Å². The Morgan fingerprint density at radius 3 is 1.31 bits per heavy atom. The number of hydrogen-bond acceptors (Lipinski definition) is 2. The lowest BCUT2D eigenvalue weighted by Gasteiger charge is -2.37. The number of rotatable bonds is 6. The molecule has 0 aromatic heterocycles. The molecule has 0 amide bonds. The predicted molar refractivity (Wildman–Crippen MR) is 116 cm³/mol. The molecule has 0 saturated heterocycles. The fourth-order valence-electron chi connectivity index (χ4n) is 4.18. The standard InChI is InChI=1S/C27H20O2/c28-19-21-11-10-18-26(25(21)20-29)27(22-12-4-1-5-13-22,23-14-6-2-7-15-23)24-16-8-3-9-17-24/h1-20H. The SMILES string of the molecule is O=Cc1cccc(C(c2ccccc2)(c2ccccc2)c2ccccc2)c1C=O. The molecule has 0 aliphatic heterocycles. The van der Waals surface area contributed by atoms with Crippen LogP contribution in [0.2, 0.25) is 0 Å². The third-order valence-corrected chi connectivity index (χ3v) is 5.41. The van der Waals surface area contributed by atoms with Gasteiger partial charge in [-0.25, -0.2) is 0 Å². The number of hydrogen-bond donors (Lipinski definition) is 0. The Morgan fingerprint density at radius 2 is 0.931 bits per heavy atom. The predicted octanol–water partition coefficient (Wildman–Crippen LogP) is 5.69. The molecule has 2 nitrogen and oxygen atoms in total. The van der Waals surface area contributed by atoms with Crippen molar-refractivity contribution in [2.24, 2.45) is 0 Å². The molecule has 4 aromatic carbocycles. The van der Waals surface area contributed by atoms with Crippen LogP contribution in [0.1, 0.15) is 43.0 Å². The van der Waals surface area contributed by atoms with Crippen LogP contribution in [0.15, 0.2) is 109 Å². The van der Waals surface area contributed by atoms with Crippen LogP contribution >= 0.6 is 0 Å². The fraction of sp³-hybridized carbons (Fsp3) is 0.0370. The zero-order valence-electron chi connectivity index (χ0n) is 15.9. The molecule has 4 rings (SSSR count). The minimum Gasteiger partial charge on any atom is -0.298 e. The van der Waals surface area contributed by atoms with E-state index in [-0.39, 0.29) is 0 Å². The average Bonchev–Trinajstić information content (AvgIpc) is 2.81. The van der Waals surface area contributed by atoms with Crippen molar-refractivity contribution in [1.29, 1.82) is 0 Å². The van der Waals surface area contributed by atoms with E-state index < -0.39 is 5.41 Å². The van der Waals surface area contributed by atoms with Gasteiger partial charge in [-0.1, -0.05) is 109 Å². The molecule has 2 heteroatoms. The van der Waals surface area contributed by atoms with Crippen LogP contribution in [-0.2, 0) is 5.41 Å². The molecule has 140 valence electrons. The van der Waals surface area contributed by atoms with E-state index in [4.69, 9.17) is 0 Å². The maximum atomic E-state index is 12.2. The molecule has 29 heavy (non-hydrogen) atoms. The number of carbonyl (C=O) groups excluding carboxylic acids is 2. The number of benzene rings is 4. The summed E-state index contributed by atoms with van der Waals surface area (Å²) in [6.07, 6.45) is 1.54. The van der Waals surface area contributed by atoms with Gasteiger partial charge >= 0.3 is 0 Å². The van der Waals surface area contributed by atoms with E-state index in [2.05, 4.69) is 36.4 Å². The van der Waals surface area contributed by atoms with Gasteiger partial charge in [-0.3, -0.25) is 9.59 Å². The van der Waals surface area contributed by atoms with E-state index in [9.17, 15) is 9.59 Å². The van der Waals surface area contributed by atoms with Crippen molar-refractivity contribution in [2.75, 3.05) is 0 Å². The molecule has 0 spiro atoms. The minimum absolute atomic E-state index is 0.393. The molecule has 0 atom stereocenters. The van der Waals surface area contributed by atoms with E-state index >= 15 is 0 Å². The summed E-state index contributed by atoms with van der Waals surface area (Å²) in [5, 5.41) is 0. The second kappa shape index (κ2) is 8.07. The van der Waals surface area contributed by atoms with Crippen molar-refractivity contribution in [3.05, 3.63) is 143 Å². The Balaban J connectivity index is 2.22. The smallest absolute Gasteiger partial charge is 0.151 e. The van der Waals surface area contributed by atoms with Gasteiger partial charge in [0, 0.05) is 11.1 Å². The normalized spacial score (nSPS) is 11.0. The van der Waals surface area contributed by atoms with Crippen LogP contribution in [-0.4, -0.2) is 12.6 Å². The van der Waals surface area contributed by atoms with Crippen LogP contribution in [0.4, 0.5) is 0 Å². The monoisotopic (exact) mass is 376 g/mol. The summed E-state index contributed by atoms with van der Waals surface area (Å²) in [5.74, 6) is 0. The van der Waals surface area contributed by atoms with Gasteiger partial charge < -0.3 is 0 Å². The molecule has 4 aromatic rings. The fourth-order valence-corrected chi connectivity index (χ4v) is 4.18. The van der Waals surface area contributed by atoms with E-state index in [1.807, 2.05) is 66.7 Å². The van der Waals surface area contributed by atoms with Crippen LogP contribution < -0.4 is 0 Å². The zero-order chi connectivity index (χ0) is 20.1. The number of carbonyl (C=O) groups is 2. The lowest BCUT2D eigenvalue weighted by molar-refractivity contribution is 0.109. The van der Waals surface area contributed by atoms with Gasteiger partial charge in [-0.05, 0) is 22.3 Å². The van der Waals surface area contributed by atoms with Crippen LogP contribution in [0.5, 0.6) is 0 Å². The molecular weight excluding hydrogens is 356 g/mol. The van der Waals surface area contributed by atoms with Crippen LogP contribution in [0, 0.1) is 0 Å². The molecule has 0 aliphatic carbocycles. The van der Waals surface area contributed by atoms with Crippen molar-refractivity contribution in [3.8, 4) is 0 Å². The Labute approximate surface area is 170 Å². The third kappa shape index (κ3) is 3.09. The Morgan fingerprint density at radius 1 is 0.483 bits per heavy atom. The molecule has 0 bridgehead atoms. The maximum Gasteiger partial charge on any atom is 0.151 e. The van der Waals surface area contributed by atoms with Gasteiger partial charge in [0.15, 0.2) is 12.6 Å². The van der Waals surface area contributed by atoms with Gasteiger partial charge in [0.05, 0.1) is 5.41 Å². The van der Waals surface area contributed by atoms with Gasteiger partial charge in [0.2, 0.25) is 0 Å². The first-order chi connectivity index (χ1) is 14.3. The highest BCUT2D eigenvalue weighted by Gasteiger charge is 2.40. The quantitative estimate of drug-likeness (QED) is 0.320. The molecular formula is C27H20O2. The first kappa shape index (κ1) is 18.6. The second-order valence-electron chi connectivity index (χ2n) is 6.89. The summed E-state index contributed by atoms with van der Waals surface area (Å²) in [6, 6.07) is 35.8. The average molecular weight is 376 g/mol. The largest absolute Gasteiger partial charge is 0.298 e. The molecule has 0 N–H and O–H groups in total. The van der Waals surface area contributed by atoms with Gasteiger partial charge in [0.1, 0.15) is 0 Å². The maximum absolute atomic E-state index is 12.2. The Bertz CT molecular complexity index is 1020. The van der Waals surface area contributed by atoms with Crippen LogP contribution in [0.25, 0.3) is 0 Å². The molecule has 0 heterocycles. The van der Waals surface area contributed by atoms with E-state index in [0.717, 1.165) is 34.8 Å². The van der Waals surface area contributed by atoms with Crippen molar-refractivity contribution < 1.29 is 9.59 Å².